The molecule has 1 saturated carbocycles. The van der Waals surface area contributed by atoms with Crippen molar-refractivity contribution in [2.24, 2.45) is 0 Å². The van der Waals surface area contributed by atoms with Gasteiger partial charge in [0.1, 0.15) is 5.15 Å². The maximum atomic E-state index is 9.20. The SMILES string of the molecule is COCC1(Nc2cc(Cl)ncc2CO)CC1. The predicted molar refractivity (Wildman–Crippen MR) is 62.6 cm³/mol. The molecule has 0 aromatic carbocycles. The van der Waals surface area contributed by atoms with Crippen LogP contribution in [0.4, 0.5) is 5.69 Å². The summed E-state index contributed by atoms with van der Waals surface area (Å²) in [5.74, 6) is 0. The number of ether oxygens (including phenoxy) is 1. The van der Waals surface area contributed by atoms with Crippen LogP contribution in [0.3, 0.4) is 0 Å². The lowest BCUT2D eigenvalue weighted by Crippen LogP contribution is -2.27. The average molecular weight is 243 g/mol. The minimum absolute atomic E-state index is 0.0172. The Morgan fingerprint density at radius 2 is 2.38 bits per heavy atom. The van der Waals surface area contributed by atoms with Crippen LogP contribution in [0, 0.1) is 0 Å². The first-order valence-corrected chi connectivity index (χ1v) is 5.59. The maximum Gasteiger partial charge on any atom is 0.131 e. The van der Waals surface area contributed by atoms with Crippen LogP contribution in [0.25, 0.3) is 0 Å². The second-order valence-corrected chi connectivity index (χ2v) is 4.55. The second kappa shape index (κ2) is 4.57. The first-order chi connectivity index (χ1) is 7.69. The highest BCUT2D eigenvalue weighted by Crippen LogP contribution is 2.40. The lowest BCUT2D eigenvalue weighted by Gasteiger charge is -2.19. The van der Waals surface area contributed by atoms with Crippen LogP contribution in [0.1, 0.15) is 18.4 Å². The van der Waals surface area contributed by atoms with E-state index >= 15 is 0 Å². The zero-order chi connectivity index (χ0) is 11.6. The third-order valence-electron chi connectivity index (χ3n) is 2.80. The molecule has 2 N–H and O–H groups in total. The van der Waals surface area contributed by atoms with Crippen LogP contribution < -0.4 is 5.32 Å². The van der Waals surface area contributed by atoms with Gasteiger partial charge in [0.15, 0.2) is 0 Å². The van der Waals surface area contributed by atoms with E-state index in [4.69, 9.17) is 16.3 Å². The number of aliphatic hydroxyl groups is 1. The smallest absolute Gasteiger partial charge is 0.131 e. The fourth-order valence-electron chi connectivity index (χ4n) is 1.72. The number of nitrogens with zero attached hydrogens (tertiary/aromatic N) is 1. The maximum absolute atomic E-state index is 9.20. The molecule has 1 aliphatic rings. The van der Waals surface area contributed by atoms with E-state index < -0.39 is 0 Å². The number of rotatable bonds is 5. The molecule has 1 aromatic rings. The van der Waals surface area contributed by atoms with E-state index in [1.165, 1.54) is 0 Å². The quantitative estimate of drug-likeness (QED) is 0.774. The predicted octanol–water partition coefficient (Wildman–Crippen LogP) is 1.82. The molecule has 88 valence electrons. The molecular weight excluding hydrogens is 228 g/mol. The van der Waals surface area contributed by atoms with Crippen molar-refractivity contribution < 1.29 is 9.84 Å². The van der Waals surface area contributed by atoms with E-state index in [0.29, 0.717) is 11.8 Å². The van der Waals surface area contributed by atoms with Crippen LogP contribution in [-0.2, 0) is 11.3 Å². The standard InChI is InChI=1S/C11H15ClN2O2/c1-16-7-11(2-3-11)14-9-4-10(12)13-5-8(9)6-15/h4-5,15H,2-3,6-7H2,1H3,(H,13,14). The summed E-state index contributed by atoms with van der Waals surface area (Å²) in [6.45, 7) is 0.618. The Balaban J connectivity index is 2.17. The fraction of sp³-hybridized carbons (Fsp3) is 0.545. The van der Waals surface area contributed by atoms with Gasteiger partial charge in [-0.2, -0.15) is 0 Å². The number of hydrogen-bond donors (Lipinski definition) is 2. The molecule has 0 bridgehead atoms. The number of aliphatic hydroxyl groups excluding tert-OH is 1. The van der Waals surface area contributed by atoms with Crippen molar-refractivity contribution in [2.45, 2.75) is 25.0 Å². The molecular formula is C11H15ClN2O2. The largest absolute Gasteiger partial charge is 0.392 e. The third-order valence-corrected chi connectivity index (χ3v) is 3.00. The molecule has 0 saturated heterocycles. The zero-order valence-electron chi connectivity index (χ0n) is 9.16. The Morgan fingerprint density at radius 1 is 1.62 bits per heavy atom. The van der Waals surface area contributed by atoms with Gasteiger partial charge in [-0.05, 0) is 18.9 Å². The Hall–Kier alpha value is -0.840. The first kappa shape index (κ1) is 11.6. The Morgan fingerprint density at radius 3 is 2.94 bits per heavy atom. The number of halogens is 1. The summed E-state index contributed by atoms with van der Waals surface area (Å²) in [5, 5.41) is 13.0. The highest BCUT2D eigenvalue weighted by molar-refractivity contribution is 6.29. The average Bonchev–Trinajstić information content (AvgIpc) is 2.99. The zero-order valence-corrected chi connectivity index (χ0v) is 9.92. The molecule has 1 aromatic heterocycles. The molecule has 0 amide bonds. The van der Waals surface area contributed by atoms with Gasteiger partial charge in [0, 0.05) is 24.6 Å². The molecule has 2 rings (SSSR count). The monoisotopic (exact) mass is 242 g/mol. The number of pyridine rings is 1. The molecule has 0 spiro atoms. The molecule has 16 heavy (non-hydrogen) atoms. The summed E-state index contributed by atoms with van der Waals surface area (Å²) >= 11 is 5.84. The van der Waals surface area contributed by atoms with Crippen molar-refractivity contribution in [1.82, 2.24) is 4.98 Å². The number of aromatic nitrogens is 1. The Bertz CT molecular complexity index is 380. The van der Waals surface area contributed by atoms with Crippen molar-refractivity contribution in [1.29, 1.82) is 0 Å². The molecule has 1 heterocycles. The normalized spacial score (nSPS) is 17.2. The van der Waals surface area contributed by atoms with Crippen LogP contribution in [0.5, 0.6) is 0 Å². The molecule has 0 aliphatic heterocycles. The van der Waals surface area contributed by atoms with Gasteiger partial charge in [-0.15, -0.1) is 0 Å². The molecule has 5 heteroatoms. The lowest BCUT2D eigenvalue weighted by molar-refractivity contribution is 0.179. The third kappa shape index (κ3) is 2.45. The molecule has 4 nitrogen and oxygen atoms in total. The van der Waals surface area contributed by atoms with E-state index in [-0.39, 0.29) is 12.1 Å². The van der Waals surface area contributed by atoms with E-state index in [2.05, 4.69) is 10.3 Å². The van der Waals surface area contributed by atoms with Gasteiger partial charge in [0.2, 0.25) is 0 Å². The number of nitrogens with one attached hydrogen (secondary N) is 1. The van der Waals surface area contributed by atoms with Gasteiger partial charge in [0.05, 0.1) is 18.8 Å². The minimum atomic E-state index is -0.0461. The Labute approximate surface area is 99.6 Å². The fourth-order valence-corrected chi connectivity index (χ4v) is 1.88. The van der Waals surface area contributed by atoms with Crippen LogP contribution in [-0.4, -0.2) is 29.3 Å². The summed E-state index contributed by atoms with van der Waals surface area (Å²) in [6.07, 6.45) is 3.74. The summed E-state index contributed by atoms with van der Waals surface area (Å²) in [6, 6.07) is 1.74. The summed E-state index contributed by atoms with van der Waals surface area (Å²) in [4.78, 5) is 3.94. The number of anilines is 1. The summed E-state index contributed by atoms with van der Waals surface area (Å²) in [7, 11) is 1.69. The van der Waals surface area contributed by atoms with Crippen LogP contribution in [0.15, 0.2) is 12.3 Å². The first-order valence-electron chi connectivity index (χ1n) is 5.21. The van der Waals surface area contributed by atoms with Crippen molar-refractivity contribution >= 4 is 17.3 Å². The highest BCUT2D eigenvalue weighted by atomic mass is 35.5. The molecule has 1 fully saturated rings. The van der Waals surface area contributed by atoms with Gasteiger partial charge in [-0.25, -0.2) is 4.98 Å². The summed E-state index contributed by atoms with van der Waals surface area (Å²) < 4.78 is 5.17. The minimum Gasteiger partial charge on any atom is -0.392 e. The molecule has 1 aliphatic carbocycles. The molecule has 0 unspecified atom stereocenters. The van der Waals surface area contributed by atoms with E-state index in [9.17, 15) is 5.11 Å². The van der Waals surface area contributed by atoms with E-state index in [1.54, 1.807) is 19.4 Å². The van der Waals surface area contributed by atoms with Gasteiger partial charge >= 0.3 is 0 Å². The van der Waals surface area contributed by atoms with Crippen molar-refractivity contribution in [3.8, 4) is 0 Å². The van der Waals surface area contributed by atoms with Crippen molar-refractivity contribution in [3.63, 3.8) is 0 Å². The van der Waals surface area contributed by atoms with E-state index in [1.807, 2.05) is 0 Å². The van der Waals surface area contributed by atoms with Gasteiger partial charge in [0.25, 0.3) is 0 Å². The topological polar surface area (TPSA) is 54.4 Å². The number of methoxy groups -OCH3 is 1. The van der Waals surface area contributed by atoms with Gasteiger partial charge in [-0.1, -0.05) is 11.6 Å². The summed E-state index contributed by atoms with van der Waals surface area (Å²) in [5.41, 5.74) is 1.62. The second-order valence-electron chi connectivity index (χ2n) is 4.16. The molecule has 0 radical (unpaired) electrons. The van der Waals surface area contributed by atoms with Crippen LogP contribution >= 0.6 is 11.6 Å². The van der Waals surface area contributed by atoms with Crippen molar-refractivity contribution in [3.05, 3.63) is 23.0 Å². The highest BCUT2D eigenvalue weighted by Gasteiger charge is 2.43. The van der Waals surface area contributed by atoms with Gasteiger partial charge < -0.3 is 15.2 Å². The molecule has 0 atom stereocenters. The van der Waals surface area contributed by atoms with Crippen LogP contribution in [0.2, 0.25) is 5.15 Å². The van der Waals surface area contributed by atoms with Crippen molar-refractivity contribution in [2.75, 3.05) is 19.0 Å². The van der Waals surface area contributed by atoms with Gasteiger partial charge in [-0.3, -0.25) is 0 Å². The Kier molecular flexibility index (Phi) is 3.33. The number of hydrogen-bond acceptors (Lipinski definition) is 4. The lowest BCUT2D eigenvalue weighted by atomic mass is 10.2. The van der Waals surface area contributed by atoms with E-state index in [0.717, 1.165) is 24.1 Å².